The van der Waals surface area contributed by atoms with Gasteiger partial charge in [0.1, 0.15) is 35.0 Å². The number of aromatic hydroxyl groups is 2. The van der Waals surface area contributed by atoms with Crippen molar-refractivity contribution in [3.05, 3.63) is 127 Å². The lowest BCUT2D eigenvalue weighted by Gasteiger charge is -2.22. The minimum atomic E-state index is -0.300. The van der Waals surface area contributed by atoms with E-state index < -0.39 is 0 Å². The van der Waals surface area contributed by atoms with Gasteiger partial charge in [0.25, 0.3) is 0 Å². The maximum absolute atomic E-state index is 11.4. The summed E-state index contributed by atoms with van der Waals surface area (Å²) in [4.78, 5) is 0. The van der Waals surface area contributed by atoms with Gasteiger partial charge in [-0.15, -0.1) is 16.8 Å². The third-order valence-electron chi connectivity index (χ3n) is 9.59. The topological polar surface area (TPSA) is 40.5 Å². The van der Waals surface area contributed by atoms with Crippen LogP contribution in [0.4, 0.5) is 0 Å². The number of hydrogen-bond acceptors (Lipinski definition) is 3. The molecule has 0 fully saturated rings. The molecule has 0 unspecified atom stereocenters. The highest BCUT2D eigenvalue weighted by molar-refractivity contribution is 7.26. The fourth-order valence-electron chi connectivity index (χ4n) is 7.39. The van der Waals surface area contributed by atoms with Gasteiger partial charge < -0.3 is 10.2 Å². The Kier molecular flexibility index (Phi) is 6.47. The van der Waals surface area contributed by atoms with Gasteiger partial charge >= 0.3 is 0 Å². The lowest BCUT2D eigenvalue weighted by atomic mass is 9.69. The lowest BCUT2D eigenvalue weighted by molar-refractivity contribution is 0.460. The third kappa shape index (κ3) is 4.09. The van der Waals surface area contributed by atoms with Crippen molar-refractivity contribution in [3.8, 4) is 44.9 Å². The molecule has 0 aliphatic heterocycles. The van der Waals surface area contributed by atoms with Crippen LogP contribution in [0.3, 0.4) is 0 Å². The molecule has 218 valence electrons. The molecular weight excluding hydrogens is 601 g/mol. The van der Waals surface area contributed by atoms with Crippen LogP contribution in [-0.4, -0.2) is 33.8 Å². The second-order valence-corrected chi connectivity index (χ2v) is 13.3. The Morgan fingerprint density at radius 2 is 0.938 bits per heavy atom. The summed E-state index contributed by atoms with van der Waals surface area (Å²) in [5, 5.41) is 31.2. The van der Waals surface area contributed by atoms with Crippen molar-refractivity contribution in [3.63, 3.8) is 0 Å². The smallest absolute Gasteiger partial charge is 0.119 e. The first-order valence-corrected chi connectivity index (χ1v) is 16.5. The van der Waals surface area contributed by atoms with Gasteiger partial charge in [0.15, 0.2) is 0 Å². The highest BCUT2D eigenvalue weighted by atomic mass is 32.1. The van der Waals surface area contributed by atoms with Crippen LogP contribution in [0.15, 0.2) is 127 Å². The van der Waals surface area contributed by atoms with Crippen LogP contribution >= 0.6 is 11.3 Å². The van der Waals surface area contributed by atoms with Crippen molar-refractivity contribution in [2.75, 3.05) is 0 Å². The number of benzene rings is 8. The molecule has 0 amide bonds. The van der Waals surface area contributed by atoms with Crippen LogP contribution in [0.1, 0.15) is 0 Å². The standard InChI is InChI=1S/C42H23B3O2S/c43-38-39(44)41(46)37(42(47)40(38)45)36-28-15-5-3-13-26(28)34(27-14-4-6-16-29(27)36)31-20-23(25-18-9-11-22-10-1-2-12-24(22)25)21-33-35(31)30-17-7-8-19-32(30)48-33/h1-21,46-47H. The summed E-state index contributed by atoms with van der Waals surface area (Å²) in [7, 11) is 18.6. The van der Waals surface area contributed by atoms with Gasteiger partial charge in [-0.1, -0.05) is 120 Å². The Hall–Kier alpha value is -5.45. The maximum Gasteiger partial charge on any atom is 0.119 e. The molecule has 8 aromatic carbocycles. The summed E-state index contributed by atoms with van der Waals surface area (Å²) < 4.78 is 2.42. The third-order valence-corrected chi connectivity index (χ3v) is 10.7. The Balaban J connectivity index is 1.48. The number of fused-ring (bicyclic) bond motifs is 6. The SMILES string of the molecule is [B]c1c([B])c(O)c(-c2c3ccccc3c(-c3cc(-c4cccc5ccccc45)cc4sc5ccccc5c34)c3ccccc23)c(O)c1[B]. The Labute approximate surface area is 285 Å². The zero-order valence-electron chi connectivity index (χ0n) is 25.7. The molecule has 0 bridgehead atoms. The molecule has 0 aliphatic carbocycles. The minimum Gasteiger partial charge on any atom is -0.508 e. The molecular formula is C42H23B3O2S. The molecule has 0 spiro atoms. The molecule has 6 radical (unpaired) electrons. The maximum atomic E-state index is 11.4. The number of hydrogen-bond donors (Lipinski definition) is 2. The molecule has 9 aromatic rings. The van der Waals surface area contributed by atoms with Crippen molar-refractivity contribution in [2.24, 2.45) is 0 Å². The number of rotatable bonds is 3. The van der Waals surface area contributed by atoms with Crippen LogP contribution in [0, 0.1) is 0 Å². The fraction of sp³-hybridized carbons (Fsp3) is 0. The predicted molar refractivity (Wildman–Crippen MR) is 208 cm³/mol. The van der Waals surface area contributed by atoms with E-state index in [0.29, 0.717) is 5.56 Å². The first-order chi connectivity index (χ1) is 23.4. The van der Waals surface area contributed by atoms with Gasteiger partial charge in [-0.2, -0.15) is 0 Å². The molecule has 48 heavy (non-hydrogen) atoms. The van der Waals surface area contributed by atoms with Gasteiger partial charge in [0, 0.05) is 25.7 Å². The van der Waals surface area contributed by atoms with Gasteiger partial charge in [-0.25, -0.2) is 0 Å². The van der Waals surface area contributed by atoms with E-state index in [0.717, 1.165) is 38.2 Å². The van der Waals surface area contributed by atoms with E-state index in [-0.39, 0.29) is 33.5 Å². The van der Waals surface area contributed by atoms with Gasteiger partial charge in [-0.05, 0) is 72.8 Å². The number of thiophene rings is 1. The van der Waals surface area contributed by atoms with Gasteiger partial charge in [-0.3, -0.25) is 0 Å². The van der Waals surface area contributed by atoms with Crippen molar-refractivity contribution in [1.82, 2.24) is 0 Å². The summed E-state index contributed by atoms with van der Waals surface area (Å²) in [6.07, 6.45) is 0. The largest absolute Gasteiger partial charge is 0.508 e. The summed E-state index contributed by atoms with van der Waals surface area (Å²) in [6.45, 7) is 0. The van der Waals surface area contributed by atoms with Crippen molar-refractivity contribution in [2.45, 2.75) is 0 Å². The minimum absolute atomic E-state index is 0.0454. The quantitative estimate of drug-likeness (QED) is 0.154. The number of phenols is 2. The summed E-state index contributed by atoms with van der Waals surface area (Å²) >= 11 is 1.80. The monoisotopic (exact) mass is 624 g/mol. The molecule has 6 heteroatoms. The van der Waals surface area contributed by atoms with E-state index in [1.165, 1.54) is 36.5 Å². The second kappa shape index (κ2) is 10.8. The van der Waals surface area contributed by atoms with Crippen LogP contribution < -0.4 is 16.4 Å². The first kappa shape index (κ1) is 28.8. The second-order valence-electron chi connectivity index (χ2n) is 12.2. The van der Waals surface area contributed by atoms with Crippen LogP contribution in [0.5, 0.6) is 11.5 Å². The van der Waals surface area contributed by atoms with Crippen molar-refractivity contribution < 1.29 is 10.2 Å². The zero-order valence-corrected chi connectivity index (χ0v) is 26.5. The van der Waals surface area contributed by atoms with Gasteiger partial charge in [0.05, 0.1) is 5.56 Å². The number of phenolic OH excluding ortho intramolecular Hbond substituents is 2. The normalized spacial score (nSPS) is 11.8. The highest BCUT2D eigenvalue weighted by Gasteiger charge is 2.25. The predicted octanol–water partition coefficient (Wildman–Crippen LogP) is 8.31. The average Bonchev–Trinajstić information content (AvgIpc) is 3.51. The van der Waals surface area contributed by atoms with Gasteiger partial charge in [0.2, 0.25) is 0 Å². The van der Waals surface area contributed by atoms with E-state index in [9.17, 15) is 10.2 Å². The van der Waals surface area contributed by atoms with Crippen LogP contribution in [0.25, 0.3) is 85.9 Å². The molecule has 2 nitrogen and oxygen atoms in total. The van der Waals surface area contributed by atoms with E-state index in [1.807, 2.05) is 36.4 Å². The molecule has 0 aliphatic rings. The van der Waals surface area contributed by atoms with Crippen LogP contribution in [-0.2, 0) is 0 Å². The molecule has 0 saturated carbocycles. The fourth-order valence-corrected chi connectivity index (χ4v) is 8.56. The lowest BCUT2D eigenvalue weighted by Crippen LogP contribution is -2.39. The molecule has 1 heterocycles. The Bertz CT molecular complexity index is 2710. The highest BCUT2D eigenvalue weighted by Crippen LogP contribution is 2.51. The Morgan fingerprint density at radius 1 is 0.417 bits per heavy atom. The Morgan fingerprint density at radius 3 is 1.58 bits per heavy atom. The van der Waals surface area contributed by atoms with Crippen molar-refractivity contribution >= 4 is 104 Å². The first-order valence-electron chi connectivity index (χ1n) is 15.7. The summed E-state index contributed by atoms with van der Waals surface area (Å²) in [5.41, 5.74) is 5.10. The zero-order chi connectivity index (χ0) is 32.7. The van der Waals surface area contributed by atoms with E-state index >= 15 is 0 Å². The molecule has 0 atom stereocenters. The molecule has 2 N–H and O–H groups in total. The van der Waals surface area contributed by atoms with Crippen LogP contribution in [0.2, 0.25) is 0 Å². The molecule has 0 saturated heterocycles. The van der Waals surface area contributed by atoms with E-state index in [2.05, 4.69) is 91.0 Å². The molecule has 9 rings (SSSR count). The average molecular weight is 624 g/mol. The summed E-state index contributed by atoms with van der Waals surface area (Å²) in [6, 6.07) is 44.4. The van der Waals surface area contributed by atoms with E-state index in [4.69, 9.17) is 23.5 Å². The van der Waals surface area contributed by atoms with Crippen molar-refractivity contribution in [1.29, 1.82) is 0 Å². The van der Waals surface area contributed by atoms with E-state index in [1.54, 1.807) is 11.3 Å². The molecule has 1 aromatic heterocycles. The summed E-state index contributed by atoms with van der Waals surface area (Å²) in [5.74, 6) is -0.599.